The number of aromatic nitrogens is 2. The first-order chi connectivity index (χ1) is 17.1. The molecular weight excluding hydrogens is 462 g/mol. The SMILES string of the molecule is CN1C(=O)NC(=O)C2C1N=C(N1CCC(Cc3ccccc3)CC1)N2CCCSc1ncccn1. The number of hydrogen-bond acceptors (Lipinski definition) is 8. The van der Waals surface area contributed by atoms with Crippen molar-refractivity contribution in [1.82, 2.24) is 30.0 Å². The van der Waals surface area contributed by atoms with Crippen LogP contribution in [0.3, 0.4) is 0 Å². The number of urea groups is 1. The number of imide groups is 1. The number of thioether (sulfide) groups is 1. The van der Waals surface area contributed by atoms with Gasteiger partial charge in [-0.15, -0.1) is 0 Å². The van der Waals surface area contributed by atoms with Crippen molar-refractivity contribution in [3.05, 3.63) is 54.4 Å². The highest BCUT2D eigenvalue weighted by atomic mass is 32.2. The van der Waals surface area contributed by atoms with E-state index >= 15 is 0 Å². The summed E-state index contributed by atoms with van der Waals surface area (Å²) in [6, 6.07) is 11.6. The van der Waals surface area contributed by atoms with Crippen LogP contribution in [0.1, 0.15) is 24.8 Å². The highest BCUT2D eigenvalue weighted by Crippen LogP contribution is 2.29. The molecule has 0 radical (unpaired) electrons. The molecule has 3 aliphatic heterocycles. The Kier molecular flexibility index (Phi) is 7.17. The third-order valence-corrected chi connectivity index (χ3v) is 7.88. The highest BCUT2D eigenvalue weighted by molar-refractivity contribution is 7.99. The topological polar surface area (TPSA) is 94.0 Å². The minimum absolute atomic E-state index is 0.269. The summed E-state index contributed by atoms with van der Waals surface area (Å²) in [5.74, 6) is 2.05. The molecule has 1 N–H and O–H groups in total. The number of hydrogen-bond donors (Lipinski definition) is 1. The average molecular weight is 494 g/mol. The number of fused-ring (bicyclic) bond motifs is 1. The standard InChI is InChI=1S/C25H31N7O2S/c1-30-21-20(22(33)29-25(30)34)32(13-6-16-35-23-26-11-5-12-27-23)24(28-21)31-14-9-19(10-15-31)17-18-7-3-2-4-8-18/h2-5,7-8,11-12,19-21H,6,9-10,13-17H2,1H3,(H,29,33,34). The van der Waals surface area contributed by atoms with E-state index in [4.69, 9.17) is 4.99 Å². The van der Waals surface area contributed by atoms with E-state index in [0.29, 0.717) is 12.5 Å². The Morgan fingerprint density at radius 1 is 1.06 bits per heavy atom. The second kappa shape index (κ2) is 10.6. The number of likely N-dealkylation sites (tertiary alicyclic amines) is 1. The Hall–Kier alpha value is -3.14. The monoisotopic (exact) mass is 493 g/mol. The largest absolute Gasteiger partial charge is 0.343 e. The number of rotatable bonds is 7. The molecule has 2 unspecified atom stereocenters. The molecule has 2 atom stereocenters. The number of piperidine rings is 1. The fourth-order valence-electron chi connectivity index (χ4n) is 5.06. The predicted octanol–water partition coefficient (Wildman–Crippen LogP) is 2.46. The summed E-state index contributed by atoms with van der Waals surface area (Å²) < 4.78 is 0. The highest BCUT2D eigenvalue weighted by Gasteiger charge is 2.49. The molecule has 2 aromatic rings. The van der Waals surface area contributed by atoms with Crippen LogP contribution < -0.4 is 5.32 Å². The van der Waals surface area contributed by atoms with Crippen molar-refractivity contribution in [2.45, 2.75) is 43.0 Å². The Morgan fingerprint density at radius 2 is 1.80 bits per heavy atom. The van der Waals surface area contributed by atoms with E-state index in [-0.39, 0.29) is 11.9 Å². The molecule has 2 fully saturated rings. The fraction of sp³-hybridized carbons (Fsp3) is 0.480. The van der Waals surface area contributed by atoms with Gasteiger partial charge in [0, 0.05) is 44.8 Å². The second-order valence-corrected chi connectivity index (χ2v) is 10.3. The van der Waals surface area contributed by atoms with E-state index in [9.17, 15) is 9.59 Å². The van der Waals surface area contributed by atoms with E-state index in [0.717, 1.165) is 55.6 Å². The number of likely N-dealkylation sites (N-methyl/N-ethyl adjacent to an activating group) is 1. The molecule has 0 saturated carbocycles. The Morgan fingerprint density at radius 3 is 2.54 bits per heavy atom. The fourth-order valence-corrected chi connectivity index (χ4v) is 5.78. The van der Waals surface area contributed by atoms with Gasteiger partial charge in [0.15, 0.2) is 23.3 Å². The van der Waals surface area contributed by atoms with Gasteiger partial charge in [0.1, 0.15) is 0 Å². The van der Waals surface area contributed by atoms with Crippen molar-refractivity contribution in [3.8, 4) is 0 Å². The number of nitrogens with one attached hydrogen (secondary N) is 1. The van der Waals surface area contributed by atoms with Crippen molar-refractivity contribution < 1.29 is 9.59 Å². The lowest BCUT2D eigenvalue weighted by atomic mass is 9.90. The summed E-state index contributed by atoms with van der Waals surface area (Å²) in [7, 11) is 1.71. The molecule has 184 valence electrons. The van der Waals surface area contributed by atoms with Gasteiger partial charge in [-0.05, 0) is 43.2 Å². The predicted molar refractivity (Wildman–Crippen MR) is 135 cm³/mol. The molecule has 35 heavy (non-hydrogen) atoms. The van der Waals surface area contributed by atoms with Crippen LogP contribution in [0.25, 0.3) is 0 Å². The molecule has 1 aromatic carbocycles. The molecule has 3 amide bonds. The van der Waals surface area contributed by atoms with E-state index < -0.39 is 12.2 Å². The normalized spacial score (nSPS) is 22.8. The number of carbonyl (C=O) groups is 2. The Bertz CT molecular complexity index is 1060. The summed E-state index contributed by atoms with van der Waals surface area (Å²) in [5, 5.41) is 3.25. The minimum Gasteiger partial charge on any atom is -0.343 e. The summed E-state index contributed by atoms with van der Waals surface area (Å²) in [4.78, 5) is 44.5. The lowest BCUT2D eigenvalue weighted by Crippen LogP contribution is -2.64. The first-order valence-corrected chi connectivity index (χ1v) is 13.2. The van der Waals surface area contributed by atoms with Gasteiger partial charge < -0.3 is 14.7 Å². The zero-order valence-electron chi connectivity index (χ0n) is 19.9. The molecule has 0 spiro atoms. The van der Waals surface area contributed by atoms with Gasteiger partial charge in [0.05, 0.1) is 0 Å². The third-order valence-electron chi connectivity index (χ3n) is 6.92. The summed E-state index contributed by atoms with van der Waals surface area (Å²) in [6.45, 7) is 2.48. The van der Waals surface area contributed by atoms with Crippen LogP contribution in [0.2, 0.25) is 0 Å². The van der Waals surface area contributed by atoms with Gasteiger partial charge in [-0.1, -0.05) is 42.1 Å². The van der Waals surface area contributed by atoms with Crippen molar-refractivity contribution >= 4 is 29.7 Å². The van der Waals surface area contributed by atoms with Crippen LogP contribution in [0.5, 0.6) is 0 Å². The minimum atomic E-state index is -0.493. The number of aliphatic imine (C=N–C) groups is 1. The average Bonchev–Trinajstić information content (AvgIpc) is 3.27. The van der Waals surface area contributed by atoms with E-state index in [1.165, 1.54) is 5.56 Å². The quantitative estimate of drug-likeness (QED) is 0.360. The van der Waals surface area contributed by atoms with Crippen molar-refractivity contribution in [3.63, 3.8) is 0 Å². The molecule has 9 nitrogen and oxygen atoms in total. The summed E-state index contributed by atoms with van der Waals surface area (Å²) in [6.07, 6.45) is 7.10. The van der Waals surface area contributed by atoms with Gasteiger partial charge in [-0.2, -0.15) is 0 Å². The zero-order valence-corrected chi connectivity index (χ0v) is 20.7. The Balaban J connectivity index is 1.25. The van der Waals surface area contributed by atoms with Gasteiger partial charge in [0.2, 0.25) is 0 Å². The molecule has 5 rings (SSSR count). The second-order valence-electron chi connectivity index (χ2n) is 9.24. The van der Waals surface area contributed by atoms with Crippen molar-refractivity contribution in [1.29, 1.82) is 0 Å². The number of guanidine groups is 1. The molecule has 2 saturated heterocycles. The maximum absolute atomic E-state index is 12.9. The van der Waals surface area contributed by atoms with Crippen LogP contribution >= 0.6 is 11.8 Å². The lowest BCUT2D eigenvalue weighted by molar-refractivity contribution is -0.127. The third kappa shape index (κ3) is 5.27. The van der Waals surface area contributed by atoms with Gasteiger partial charge in [-0.25, -0.2) is 19.8 Å². The zero-order chi connectivity index (χ0) is 24.2. The van der Waals surface area contributed by atoms with E-state index in [2.05, 4.69) is 55.4 Å². The van der Waals surface area contributed by atoms with Crippen molar-refractivity contribution in [2.24, 2.45) is 10.9 Å². The van der Waals surface area contributed by atoms with Crippen molar-refractivity contribution in [2.75, 3.05) is 32.4 Å². The van der Waals surface area contributed by atoms with E-state index in [1.54, 1.807) is 42.2 Å². The lowest BCUT2D eigenvalue weighted by Gasteiger charge is -2.39. The number of benzene rings is 1. The first-order valence-electron chi connectivity index (χ1n) is 12.2. The van der Waals surface area contributed by atoms with Crippen LogP contribution in [0, 0.1) is 5.92 Å². The van der Waals surface area contributed by atoms with Gasteiger partial charge in [-0.3, -0.25) is 10.1 Å². The molecule has 1 aromatic heterocycles. The summed E-state index contributed by atoms with van der Waals surface area (Å²) in [5.41, 5.74) is 1.38. The molecular formula is C25H31N7O2S. The summed E-state index contributed by atoms with van der Waals surface area (Å²) >= 11 is 1.61. The molecule has 0 bridgehead atoms. The Labute approximate surface area is 210 Å². The number of amides is 3. The maximum atomic E-state index is 12.9. The van der Waals surface area contributed by atoms with Crippen LogP contribution in [-0.2, 0) is 11.2 Å². The van der Waals surface area contributed by atoms with Crippen LogP contribution in [-0.4, -0.2) is 87.2 Å². The molecule has 10 heteroatoms. The first kappa shape index (κ1) is 23.6. The smallest absolute Gasteiger partial charge is 0.325 e. The maximum Gasteiger partial charge on any atom is 0.325 e. The molecule has 4 heterocycles. The number of carbonyl (C=O) groups excluding carboxylic acids is 2. The molecule has 0 aliphatic carbocycles. The van der Waals surface area contributed by atoms with E-state index in [1.807, 2.05) is 0 Å². The van der Waals surface area contributed by atoms with Gasteiger partial charge in [0.25, 0.3) is 5.91 Å². The van der Waals surface area contributed by atoms with Crippen LogP contribution in [0.4, 0.5) is 4.79 Å². The molecule has 3 aliphatic rings. The van der Waals surface area contributed by atoms with Crippen LogP contribution in [0.15, 0.2) is 58.9 Å². The van der Waals surface area contributed by atoms with Gasteiger partial charge >= 0.3 is 6.03 Å². The number of nitrogens with zero attached hydrogens (tertiary/aromatic N) is 6.